The second kappa shape index (κ2) is 10.3. The summed E-state index contributed by atoms with van der Waals surface area (Å²) in [5.41, 5.74) is 5.15. The molecule has 0 radical (unpaired) electrons. The minimum Gasteiger partial charge on any atom is -0.371 e. The predicted octanol–water partition coefficient (Wildman–Crippen LogP) is 4.07. The molecule has 178 valence electrons. The molecule has 1 amide bonds. The highest BCUT2D eigenvalue weighted by Crippen LogP contribution is 2.27. The van der Waals surface area contributed by atoms with Crippen molar-refractivity contribution in [1.29, 1.82) is 0 Å². The van der Waals surface area contributed by atoms with Crippen molar-refractivity contribution >= 4 is 27.3 Å². The molecule has 0 aromatic heterocycles. The van der Waals surface area contributed by atoms with Gasteiger partial charge in [-0.3, -0.25) is 9.10 Å². The molecule has 0 atom stereocenters. The van der Waals surface area contributed by atoms with E-state index >= 15 is 0 Å². The maximum atomic E-state index is 13.4. The van der Waals surface area contributed by atoms with Gasteiger partial charge >= 0.3 is 0 Å². The summed E-state index contributed by atoms with van der Waals surface area (Å²) in [7, 11) is -3.89. The Labute approximate surface area is 202 Å². The zero-order valence-corrected chi connectivity index (χ0v) is 20.5. The number of anilines is 2. The topological polar surface area (TPSA) is 69.7 Å². The number of hydrogen-bond donors (Lipinski definition) is 1. The number of fused-ring (bicyclic) bond motifs is 1. The standard InChI is InChI=1S/C27H31N3O3S/c1-21-13-14-24(19-22(21)2)30(34(32,33)25-10-4-3-5-11-25)20-27(31)28-16-8-17-29-18-15-23-9-6-7-12-26(23)29/h3-7,9-14,19H,8,15-18,20H2,1-2H3,(H,28,31). The molecule has 0 bridgehead atoms. The summed E-state index contributed by atoms with van der Waals surface area (Å²) < 4.78 is 28.0. The number of rotatable bonds is 9. The van der Waals surface area contributed by atoms with E-state index in [1.165, 1.54) is 15.6 Å². The van der Waals surface area contributed by atoms with Crippen LogP contribution < -0.4 is 14.5 Å². The van der Waals surface area contributed by atoms with E-state index in [1.807, 2.05) is 32.0 Å². The lowest BCUT2D eigenvalue weighted by molar-refractivity contribution is -0.119. The highest BCUT2D eigenvalue weighted by molar-refractivity contribution is 7.92. The number of nitrogens with zero attached hydrogens (tertiary/aromatic N) is 2. The fraction of sp³-hybridized carbons (Fsp3) is 0.296. The molecule has 6 nitrogen and oxygen atoms in total. The SMILES string of the molecule is Cc1ccc(N(CC(=O)NCCCN2CCc3ccccc32)S(=O)(=O)c2ccccc2)cc1C. The lowest BCUT2D eigenvalue weighted by Gasteiger charge is -2.25. The van der Waals surface area contributed by atoms with Crippen LogP contribution in [0.2, 0.25) is 0 Å². The molecule has 0 saturated carbocycles. The van der Waals surface area contributed by atoms with Gasteiger partial charge in [0, 0.05) is 25.3 Å². The maximum absolute atomic E-state index is 13.4. The van der Waals surface area contributed by atoms with Crippen molar-refractivity contribution in [3.63, 3.8) is 0 Å². The van der Waals surface area contributed by atoms with E-state index in [0.29, 0.717) is 12.2 Å². The summed E-state index contributed by atoms with van der Waals surface area (Å²) in [5.74, 6) is -0.320. The average Bonchev–Trinajstić information content (AvgIpc) is 3.26. The lowest BCUT2D eigenvalue weighted by Crippen LogP contribution is -2.41. The van der Waals surface area contributed by atoms with Gasteiger partial charge in [-0.2, -0.15) is 0 Å². The zero-order chi connectivity index (χ0) is 24.1. The van der Waals surface area contributed by atoms with Gasteiger partial charge in [0.15, 0.2) is 0 Å². The van der Waals surface area contributed by atoms with E-state index in [1.54, 1.807) is 36.4 Å². The predicted molar refractivity (Wildman–Crippen MR) is 137 cm³/mol. The third-order valence-electron chi connectivity index (χ3n) is 6.31. The molecule has 0 aliphatic carbocycles. The second-order valence-electron chi connectivity index (χ2n) is 8.66. The van der Waals surface area contributed by atoms with Crippen LogP contribution in [0.25, 0.3) is 0 Å². The van der Waals surface area contributed by atoms with Crippen molar-refractivity contribution in [1.82, 2.24) is 5.32 Å². The van der Waals surface area contributed by atoms with Crippen molar-refractivity contribution in [2.75, 3.05) is 35.4 Å². The van der Waals surface area contributed by atoms with Crippen LogP contribution in [0.3, 0.4) is 0 Å². The largest absolute Gasteiger partial charge is 0.371 e. The monoisotopic (exact) mass is 477 g/mol. The highest BCUT2D eigenvalue weighted by Gasteiger charge is 2.27. The van der Waals surface area contributed by atoms with Crippen molar-refractivity contribution in [2.45, 2.75) is 31.6 Å². The maximum Gasteiger partial charge on any atom is 0.264 e. The van der Waals surface area contributed by atoms with Crippen molar-refractivity contribution < 1.29 is 13.2 Å². The van der Waals surface area contributed by atoms with E-state index in [9.17, 15) is 13.2 Å². The van der Waals surface area contributed by atoms with Gasteiger partial charge in [-0.1, -0.05) is 42.5 Å². The quantitative estimate of drug-likeness (QED) is 0.472. The van der Waals surface area contributed by atoms with Crippen molar-refractivity contribution in [3.05, 3.63) is 89.5 Å². The van der Waals surface area contributed by atoms with Gasteiger partial charge < -0.3 is 10.2 Å². The molecule has 1 aliphatic heterocycles. The zero-order valence-electron chi connectivity index (χ0n) is 19.7. The molecule has 0 spiro atoms. The minimum atomic E-state index is -3.89. The van der Waals surface area contributed by atoms with Gasteiger partial charge in [-0.15, -0.1) is 0 Å². The Morgan fingerprint density at radius 3 is 2.47 bits per heavy atom. The molecule has 7 heteroatoms. The van der Waals surface area contributed by atoms with Gasteiger partial charge in [0.05, 0.1) is 10.6 Å². The van der Waals surface area contributed by atoms with Crippen LogP contribution in [0.15, 0.2) is 77.7 Å². The molecular weight excluding hydrogens is 446 g/mol. The normalized spacial score (nSPS) is 12.9. The van der Waals surface area contributed by atoms with Crippen molar-refractivity contribution in [2.24, 2.45) is 0 Å². The summed E-state index contributed by atoms with van der Waals surface area (Å²) in [4.78, 5) is 15.3. The van der Waals surface area contributed by atoms with Gasteiger partial charge in [0.25, 0.3) is 10.0 Å². The molecule has 1 N–H and O–H groups in total. The molecular formula is C27H31N3O3S. The van der Waals surface area contributed by atoms with Crippen LogP contribution in [0.1, 0.15) is 23.1 Å². The first-order valence-electron chi connectivity index (χ1n) is 11.6. The van der Waals surface area contributed by atoms with Gasteiger partial charge in [-0.25, -0.2) is 8.42 Å². The average molecular weight is 478 g/mol. The molecule has 4 rings (SSSR count). The Morgan fingerprint density at radius 1 is 0.971 bits per heavy atom. The summed E-state index contributed by atoms with van der Waals surface area (Å²) in [5, 5.41) is 2.91. The number of nitrogens with one attached hydrogen (secondary N) is 1. The third kappa shape index (κ3) is 5.25. The minimum absolute atomic E-state index is 0.161. The number of aryl methyl sites for hydroxylation is 2. The van der Waals surface area contributed by atoms with Gasteiger partial charge in [0.2, 0.25) is 5.91 Å². The number of sulfonamides is 1. The molecule has 1 heterocycles. The van der Waals surface area contributed by atoms with E-state index in [0.717, 1.165) is 37.1 Å². The molecule has 3 aromatic rings. The first-order valence-corrected chi connectivity index (χ1v) is 13.0. The van der Waals surface area contributed by atoms with Crippen LogP contribution in [0.5, 0.6) is 0 Å². The van der Waals surface area contributed by atoms with Crippen molar-refractivity contribution in [3.8, 4) is 0 Å². The number of amides is 1. The molecule has 0 unspecified atom stereocenters. The smallest absolute Gasteiger partial charge is 0.264 e. The van der Waals surface area contributed by atoms with E-state index in [2.05, 4.69) is 28.4 Å². The Hall–Kier alpha value is -3.32. The number of carbonyl (C=O) groups excluding carboxylic acids is 1. The molecule has 0 saturated heterocycles. The summed E-state index contributed by atoms with van der Waals surface area (Å²) >= 11 is 0. The Morgan fingerprint density at radius 2 is 1.71 bits per heavy atom. The molecule has 0 fully saturated rings. The second-order valence-corrected chi connectivity index (χ2v) is 10.5. The number of carbonyl (C=O) groups is 1. The third-order valence-corrected chi connectivity index (χ3v) is 8.10. The van der Waals surface area contributed by atoms with Crippen LogP contribution >= 0.6 is 0 Å². The van der Waals surface area contributed by atoms with E-state index in [4.69, 9.17) is 0 Å². The van der Waals surface area contributed by atoms with Gasteiger partial charge in [0.1, 0.15) is 6.54 Å². The first kappa shape index (κ1) is 23.8. The highest BCUT2D eigenvalue weighted by atomic mass is 32.2. The molecule has 1 aliphatic rings. The Balaban J connectivity index is 1.42. The summed E-state index contributed by atoms with van der Waals surface area (Å²) in [6, 6.07) is 22.1. The molecule has 34 heavy (non-hydrogen) atoms. The van der Waals surface area contributed by atoms with Crippen LogP contribution in [-0.4, -0.2) is 40.5 Å². The number of para-hydroxylation sites is 1. The molecule has 3 aromatic carbocycles. The fourth-order valence-corrected chi connectivity index (χ4v) is 5.67. The number of benzene rings is 3. The summed E-state index contributed by atoms with van der Waals surface area (Å²) in [6.45, 7) is 5.96. The first-order chi connectivity index (χ1) is 16.4. The Kier molecular flexibility index (Phi) is 7.22. The van der Waals surface area contributed by atoms with E-state index in [-0.39, 0.29) is 17.3 Å². The number of hydrogen-bond acceptors (Lipinski definition) is 4. The fourth-order valence-electron chi connectivity index (χ4n) is 4.24. The van der Waals surface area contributed by atoms with Crippen LogP contribution in [-0.2, 0) is 21.2 Å². The van der Waals surface area contributed by atoms with Crippen LogP contribution in [0.4, 0.5) is 11.4 Å². The summed E-state index contributed by atoms with van der Waals surface area (Å²) in [6.07, 6.45) is 1.83. The van der Waals surface area contributed by atoms with E-state index < -0.39 is 10.0 Å². The lowest BCUT2D eigenvalue weighted by atomic mass is 10.1. The van der Waals surface area contributed by atoms with Crippen LogP contribution in [0, 0.1) is 13.8 Å². The van der Waals surface area contributed by atoms with Gasteiger partial charge in [-0.05, 0) is 73.7 Å². The Bertz CT molecular complexity index is 1260.